The van der Waals surface area contributed by atoms with Gasteiger partial charge in [-0.3, -0.25) is 4.99 Å². The van der Waals surface area contributed by atoms with Crippen LogP contribution in [0.1, 0.15) is 17.0 Å². The molecule has 0 fully saturated rings. The summed E-state index contributed by atoms with van der Waals surface area (Å²) in [6, 6.07) is 16.3. The maximum atomic E-state index is 4.52. The highest BCUT2D eigenvalue weighted by atomic mass is 79.9. The molecule has 0 saturated heterocycles. The van der Waals surface area contributed by atoms with Crippen molar-refractivity contribution in [2.24, 2.45) is 10.1 Å². The second kappa shape index (κ2) is 7.33. The number of hydrogen-bond donors (Lipinski definition) is 0. The number of benzene rings is 2. The fraction of sp³-hybridized carbons (Fsp3) is 0.105. The number of rotatable bonds is 5. The van der Waals surface area contributed by atoms with E-state index in [4.69, 9.17) is 0 Å². The molecule has 0 radical (unpaired) electrons. The topological polar surface area (TPSA) is 72.7 Å². The second-order valence-corrected chi connectivity index (χ2v) is 8.07. The van der Waals surface area contributed by atoms with Crippen LogP contribution in [0.25, 0.3) is 5.78 Å². The van der Waals surface area contributed by atoms with Crippen LogP contribution in [0.3, 0.4) is 0 Å². The predicted octanol–water partition coefficient (Wildman–Crippen LogP) is 4.31. The van der Waals surface area contributed by atoms with Crippen molar-refractivity contribution in [1.29, 1.82) is 0 Å². The van der Waals surface area contributed by atoms with Gasteiger partial charge in [-0.1, -0.05) is 58.0 Å². The molecule has 2 aromatic carbocycles. The Morgan fingerprint density at radius 1 is 1.14 bits per heavy atom. The summed E-state index contributed by atoms with van der Waals surface area (Å²) in [6.07, 6.45) is 5.38. The minimum Gasteiger partial charge on any atom is -0.260 e. The van der Waals surface area contributed by atoms with E-state index in [1.807, 2.05) is 42.8 Å². The molecular weight excluding hydrogens is 438 g/mol. The summed E-state index contributed by atoms with van der Waals surface area (Å²) in [7, 11) is 0. The minimum atomic E-state index is 0.0481. The molecule has 1 aliphatic heterocycles. The van der Waals surface area contributed by atoms with Crippen LogP contribution in [0.2, 0.25) is 0 Å². The third-order valence-electron chi connectivity index (χ3n) is 4.36. The molecule has 1 aliphatic rings. The van der Waals surface area contributed by atoms with Crippen LogP contribution in [0.5, 0.6) is 0 Å². The van der Waals surface area contributed by atoms with Gasteiger partial charge in [-0.2, -0.15) is 19.4 Å². The van der Waals surface area contributed by atoms with Crippen LogP contribution in [0.4, 0.5) is 5.69 Å². The summed E-state index contributed by atoms with van der Waals surface area (Å²) in [5.74, 6) is 1.41. The third kappa shape index (κ3) is 3.27. The van der Waals surface area contributed by atoms with Crippen molar-refractivity contribution in [2.75, 3.05) is 0 Å². The van der Waals surface area contributed by atoms with Crippen molar-refractivity contribution >= 4 is 51.6 Å². The Balaban J connectivity index is 1.34. The molecule has 2 aromatic heterocycles. The van der Waals surface area contributed by atoms with Crippen LogP contribution < -0.4 is 0 Å². The highest BCUT2D eigenvalue weighted by molar-refractivity contribution is 9.10. The second-order valence-electron chi connectivity index (χ2n) is 6.22. The van der Waals surface area contributed by atoms with Crippen molar-refractivity contribution in [2.45, 2.75) is 16.8 Å². The molecule has 138 valence electrons. The van der Waals surface area contributed by atoms with Crippen molar-refractivity contribution in [1.82, 2.24) is 24.5 Å². The number of aliphatic imine (C=N–C) groups is 1. The van der Waals surface area contributed by atoms with Gasteiger partial charge in [0.2, 0.25) is 5.16 Å². The number of para-hydroxylation sites is 1. The van der Waals surface area contributed by atoms with Crippen molar-refractivity contribution in [3.8, 4) is 0 Å². The minimum absolute atomic E-state index is 0.0481. The number of aromatic nitrogens is 5. The zero-order valence-corrected chi connectivity index (χ0v) is 17.0. The maximum absolute atomic E-state index is 4.52. The first-order valence-corrected chi connectivity index (χ1v) is 10.4. The monoisotopic (exact) mass is 451 g/mol. The van der Waals surface area contributed by atoms with Gasteiger partial charge in [0, 0.05) is 22.7 Å². The molecule has 4 aromatic rings. The van der Waals surface area contributed by atoms with Gasteiger partial charge in [0.25, 0.3) is 5.78 Å². The van der Waals surface area contributed by atoms with Gasteiger partial charge in [-0.15, -0.1) is 10.2 Å². The molecule has 1 atom stereocenters. The largest absolute Gasteiger partial charge is 0.275 e. The SMILES string of the molecule is Brc1cccc(CSc2nnc3n(N=CC4C=Nc5ccccc54)cnn23)c1. The first-order valence-electron chi connectivity index (χ1n) is 8.61. The van der Waals surface area contributed by atoms with E-state index in [9.17, 15) is 0 Å². The molecule has 0 bridgehead atoms. The Hall–Kier alpha value is -2.78. The van der Waals surface area contributed by atoms with Gasteiger partial charge in [0.1, 0.15) is 6.33 Å². The van der Waals surface area contributed by atoms with Crippen LogP contribution in [0, 0.1) is 0 Å². The van der Waals surface area contributed by atoms with Crippen LogP contribution >= 0.6 is 27.7 Å². The fourth-order valence-electron chi connectivity index (χ4n) is 2.99. The van der Waals surface area contributed by atoms with Crippen LogP contribution in [-0.4, -0.2) is 36.9 Å². The highest BCUT2D eigenvalue weighted by Gasteiger charge is 2.17. The van der Waals surface area contributed by atoms with Crippen molar-refractivity contribution in [3.63, 3.8) is 0 Å². The lowest BCUT2D eigenvalue weighted by molar-refractivity contribution is 0.815. The maximum Gasteiger partial charge on any atom is 0.275 e. The summed E-state index contributed by atoms with van der Waals surface area (Å²) in [6.45, 7) is 0. The average molecular weight is 452 g/mol. The summed E-state index contributed by atoms with van der Waals surface area (Å²) in [5.41, 5.74) is 3.34. The van der Waals surface area contributed by atoms with Gasteiger partial charge < -0.3 is 0 Å². The van der Waals surface area contributed by atoms with E-state index in [0.29, 0.717) is 5.78 Å². The smallest absolute Gasteiger partial charge is 0.260 e. The van der Waals surface area contributed by atoms with Crippen molar-refractivity contribution < 1.29 is 0 Å². The molecule has 28 heavy (non-hydrogen) atoms. The fourth-order valence-corrected chi connectivity index (χ4v) is 4.26. The lowest BCUT2D eigenvalue weighted by Crippen LogP contribution is -1.99. The normalized spacial score (nSPS) is 15.7. The summed E-state index contributed by atoms with van der Waals surface area (Å²) in [5, 5.41) is 18.1. The average Bonchev–Trinajstić information content (AvgIpc) is 3.41. The van der Waals surface area contributed by atoms with E-state index in [1.54, 1.807) is 27.3 Å². The zero-order chi connectivity index (χ0) is 18.9. The van der Waals surface area contributed by atoms with Gasteiger partial charge >= 0.3 is 0 Å². The number of halogens is 1. The van der Waals surface area contributed by atoms with Crippen LogP contribution in [-0.2, 0) is 5.75 Å². The molecule has 0 spiro atoms. The molecule has 3 heterocycles. The van der Waals surface area contributed by atoms with E-state index >= 15 is 0 Å². The lowest BCUT2D eigenvalue weighted by atomic mass is 10.0. The third-order valence-corrected chi connectivity index (χ3v) is 5.84. The molecule has 0 saturated carbocycles. The number of nitrogens with zero attached hydrogens (tertiary/aromatic N) is 7. The predicted molar refractivity (Wildman–Crippen MR) is 114 cm³/mol. The van der Waals surface area contributed by atoms with E-state index in [-0.39, 0.29) is 5.92 Å². The molecular formula is C19H14BrN7S. The molecule has 1 unspecified atom stereocenters. The summed E-state index contributed by atoms with van der Waals surface area (Å²) in [4.78, 5) is 4.43. The molecule has 9 heteroatoms. The van der Waals surface area contributed by atoms with Gasteiger partial charge in [0.05, 0.1) is 11.6 Å². The standard InChI is InChI=1S/C19H14BrN7S/c20-15-5-3-4-13(8-15)11-28-19-25-24-18-26(12-23-27(18)19)22-10-14-9-21-17-7-2-1-6-16(14)17/h1-10,12,14H,11H2. The highest BCUT2D eigenvalue weighted by Crippen LogP contribution is 2.30. The quantitative estimate of drug-likeness (QED) is 0.334. The van der Waals surface area contributed by atoms with Crippen LogP contribution in [0.15, 0.2) is 74.6 Å². The molecule has 0 amide bonds. The Morgan fingerprint density at radius 2 is 2.07 bits per heavy atom. The Morgan fingerprint density at radius 3 is 3.00 bits per heavy atom. The van der Waals surface area contributed by atoms with E-state index in [1.165, 1.54) is 5.56 Å². The molecule has 0 N–H and O–H groups in total. The van der Waals surface area contributed by atoms with Gasteiger partial charge in [-0.25, -0.2) is 0 Å². The molecule has 0 aliphatic carbocycles. The Bertz CT molecular complexity index is 1210. The van der Waals surface area contributed by atoms with Gasteiger partial charge in [0.15, 0.2) is 0 Å². The number of fused-ring (bicyclic) bond motifs is 2. The Kier molecular flexibility index (Phi) is 4.53. The number of hydrogen-bond acceptors (Lipinski definition) is 6. The summed E-state index contributed by atoms with van der Waals surface area (Å²) >= 11 is 5.08. The van der Waals surface area contributed by atoms with E-state index in [0.717, 1.165) is 26.6 Å². The lowest BCUT2D eigenvalue weighted by Gasteiger charge is -2.02. The Labute approximate surface area is 173 Å². The number of thioether (sulfide) groups is 1. The van der Waals surface area contributed by atoms with Crippen molar-refractivity contribution in [3.05, 3.63) is 70.5 Å². The van der Waals surface area contributed by atoms with E-state index in [2.05, 4.69) is 59.5 Å². The molecule has 5 rings (SSSR count). The van der Waals surface area contributed by atoms with E-state index < -0.39 is 0 Å². The molecule has 7 nitrogen and oxygen atoms in total. The first kappa shape index (κ1) is 17.3. The van der Waals surface area contributed by atoms with Gasteiger partial charge in [-0.05, 0) is 29.3 Å². The first-order chi connectivity index (χ1) is 13.8. The summed E-state index contributed by atoms with van der Waals surface area (Å²) < 4.78 is 4.40. The zero-order valence-electron chi connectivity index (χ0n) is 14.6.